The molecule has 30 heavy (non-hydrogen) atoms. The van der Waals surface area contributed by atoms with E-state index in [9.17, 15) is 4.79 Å². The molecule has 0 radical (unpaired) electrons. The standard InChI is InChI=1S/C19H25Cl2N3O5S/c1-26-4-5-27-6-7-28-8-9-29-12-15-13-30-19(23-15)24-18(25)22-11-14-2-3-16(20)17(21)10-14/h2-3,10,13H,4-9,11-12H2,1H3,(H2,22,23,24,25). The van der Waals surface area contributed by atoms with Gasteiger partial charge in [-0.05, 0) is 17.7 Å². The highest BCUT2D eigenvalue weighted by molar-refractivity contribution is 7.13. The Hall–Kier alpha value is -1.46. The number of carbonyl (C=O) groups is 1. The minimum Gasteiger partial charge on any atom is -0.382 e. The van der Waals surface area contributed by atoms with Crippen LogP contribution >= 0.6 is 34.5 Å². The number of halogens is 2. The van der Waals surface area contributed by atoms with Gasteiger partial charge in [-0.2, -0.15) is 0 Å². The van der Waals surface area contributed by atoms with Gasteiger partial charge in [0.1, 0.15) is 0 Å². The van der Waals surface area contributed by atoms with Crippen LogP contribution in [0.4, 0.5) is 9.93 Å². The van der Waals surface area contributed by atoms with Gasteiger partial charge in [0, 0.05) is 19.0 Å². The van der Waals surface area contributed by atoms with Crippen LogP contribution in [-0.4, -0.2) is 57.8 Å². The van der Waals surface area contributed by atoms with Crippen LogP contribution in [0.2, 0.25) is 10.0 Å². The SMILES string of the molecule is COCCOCCOCCOCc1csc(NC(=O)NCc2ccc(Cl)c(Cl)c2)n1. The van der Waals surface area contributed by atoms with Crippen LogP contribution in [0, 0.1) is 0 Å². The molecule has 1 aromatic carbocycles. The van der Waals surface area contributed by atoms with E-state index in [1.807, 2.05) is 5.38 Å². The molecule has 0 saturated carbocycles. The van der Waals surface area contributed by atoms with Crippen molar-refractivity contribution in [1.82, 2.24) is 10.3 Å². The zero-order valence-corrected chi connectivity index (χ0v) is 18.9. The average Bonchev–Trinajstić information content (AvgIpc) is 3.17. The summed E-state index contributed by atoms with van der Waals surface area (Å²) < 4.78 is 21.1. The summed E-state index contributed by atoms with van der Waals surface area (Å²) in [5, 5.41) is 8.68. The second-order valence-corrected chi connectivity index (χ2v) is 7.64. The Morgan fingerprint density at radius 2 is 1.73 bits per heavy atom. The fourth-order valence-corrected chi connectivity index (χ4v) is 3.17. The molecule has 2 N–H and O–H groups in total. The monoisotopic (exact) mass is 477 g/mol. The number of rotatable bonds is 14. The van der Waals surface area contributed by atoms with Crippen molar-refractivity contribution in [3.05, 3.63) is 44.9 Å². The molecule has 0 aliphatic heterocycles. The fourth-order valence-electron chi connectivity index (χ4n) is 2.16. The van der Waals surface area contributed by atoms with Crippen LogP contribution in [0.3, 0.4) is 0 Å². The summed E-state index contributed by atoms with van der Waals surface area (Å²) in [5.74, 6) is 0. The van der Waals surface area contributed by atoms with Crippen molar-refractivity contribution in [3.63, 3.8) is 0 Å². The molecule has 1 aromatic heterocycles. The van der Waals surface area contributed by atoms with Crippen LogP contribution in [0.5, 0.6) is 0 Å². The van der Waals surface area contributed by atoms with Crippen LogP contribution in [0.15, 0.2) is 23.6 Å². The van der Waals surface area contributed by atoms with Gasteiger partial charge in [0.05, 0.1) is 62.0 Å². The number of anilines is 1. The molecule has 0 saturated heterocycles. The van der Waals surface area contributed by atoms with Gasteiger partial charge in [0.15, 0.2) is 5.13 Å². The molecule has 1 heterocycles. The molecule has 0 spiro atoms. The van der Waals surface area contributed by atoms with Gasteiger partial charge in [0.2, 0.25) is 0 Å². The lowest BCUT2D eigenvalue weighted by atomic mass is 10.2. The molecule has 0 unspecified atom stereocenters. The Morgan fingerprint density at radius 3 is 2.43 bits per heavy atom. The van der Waals surface area contributed by atoms with Crippen LogP contribution in [-0.2, 0) is 32.1 Å². The van der Waals surface area contributed by atoms with Gasteiger partial charge >= 0.3 is 6.03 Å². The van der Waals surface area contributed by atoms with Crippen molar-refractivity contribution < 1.29 is 23.7 Å². The van der Waals surface area contributed by atoms with Crippen molar-refractivity contribution in [2.24, 2.45) is 0 Å². The molecule has 0 bridgehead atoms. The van der Waals surface area contributed by atoms with E-state index in [4.69, 9.17) is 42.1 Å². The number of aromatic nitrogens is 1. The fraction of sp³-hybridized carbons (Fsp3) is 0.474. The predicted molar refractivity (Wildman–Crippen MR) is 118 cm³/mol. The summed E-state index contributed by atoms with van der Waals surface area (Å²) in [6.07, 6.45) is 0. The predicted octanol–water partition coefficient (Wildman–Crippen LogP) is 3.97. The molecule has 8 nitrogen and oxygen atoms in total. The zero-order valence-electron chi connectivity index (χ0n) is 16.6. The number of methoxy groups -OCH3 is 1. The number of ether oxygens (including phenoxy) is 4. The van der Waals surface area contributed by atoms with E-state index in [2.05, 4.69) is 15.6 Å². The number of benzene rings is 1. The highest BCUT2D eigenvalue weighted by atomic mass is 35.5. The third-order valence-corrected chi connectivity index (χ3v) is 5.18. The second-order valence-electron chi connectivity index (χ2n) is 5.97. The molecule has 2 rings (SSSR count). The molecule has 0 aliphatic rings. The second kappa shape index (κ2) is 14.5. The molecular weight excluding hydrogens is 453 g/mol. The molecule has 0 aliphatic carbocycles. The summed E-state index contributed by atoms with van der Waals surface area (Å²) >= 11 is 13.2. The largest absolute Gasteiger partial charge is 0.382 e. The highest BCUT2D eigenvalue weighted by Crippen LogP contribution is 2.22. The van der Waals surface area contributed by atoms with Crippen molar-refractivity contribution in [3.8, 4) is 0 Å². The summed E-state index contributed by atoms with van der Waals surface area (Å²) in [7, 11) is 1.63. The first-order valence-corrected chi connectivity index (χ1v) is 10.9. The summed E-state index contributed by atoms with van der Waals surface area (Å²) in [5.41, 5.74) is 1.58. The Balaban J connectivity index is 1.56. The quantitative estimate of drug-likeness (QED) is 0.400. The molecule has 2 amide bonds. The van der Waals surface area contributed by atoms with E-state index < -0.39 is 0 Å². The zero-order chi connectivity index (χ0) is 21.6. The molecular formula is C19H25Cl2N3O5S. The number of nitrogens with zero attached hydrogens (tertiary/aromatic N) is 1. The number of urea groups is 1. The number of hydrogen-bond donors (Lipinski definition) is 2. The van der Waals surface area contributed by atoms with Gasteiger partial charge in [-0.15, -0.1) is 11.3 Å². The maximum Gasteiger partial charge on any atom is 0.321 e. The minimum absolute atomic E-state index is 0.321. The lowest BCUT2D eigenvalue weighted by molar-refractivity contribution is 0.000533. The third kappa shape index (κ3) is 10.0. The Bertz CT molecular complexity index is 778. The third-order valence-electron chi connectivity index (χ3n) is 3.64. The Labute approximate surface area is 189 Å². The lowest BCUT2D eigenvalue weighted by Crippen LogP contribution is -2.28. The van der Waals surface area contributed by atoms with Gasteiger partial charge < -0.3 is 24.3 Å². The number of amides is 2. The van der Waals surface area contributed by atoms with Crippen molar-refractivity contribution in [2.75, 3.05) is 52.1 Å². The number of nitrogens with one attached hydrogen (secondary N) is 2. The van der Waals surface area contributed by atoms with Crippen molar-refractivity contribution in [1.29, 1.82) is 0 Å². The summed E-state index contributed by atoms with van der Waals surface area (Å²) in [4.78, 5) is 16.3. The maximum atomic E-state index is 12.0. The Kier molecular flexibility index (Phi) is 12.0. The van der Waals surface area contributed by atoms with Gasteiger partial charge in [-0.1, -0.05) is 29.3 Å². The number of carbonyl (C=O) groups excluding carboxylic acids is 1. The maximum absolute atomic E-state index is 12.0. The average molecular weight is 478 g/mol. The molecule has 0 fully saturated rings. The number of thiazole rings is 1. The first-order valence-electron chi connectivity index (χ1n) is 9.24. The first kappa shape index (κ1) is 24.8. The van der Waals surface area contributed by atoms with E-state index in [1.165, 1.54) is 11.3 Å². The van der Waals surface area contributed by atoms with Gasteiger partial charge in [-0.25, -0.2) is 9.78 Å². The topological polar surface area (TPSA) is 90.9 Å². The van der Waals surface area contributed by atoms with E-state index in [-0.39, 0.29) is 6.03 Å². The van der Waals surface area contributed by atoms with E-state index in [0.29, 0.717) is 68.0 Å². The van der Waals surface area contributed by atoms with Crippen LogP contribution in [0.1, 0.15) is 11.3 Å². The normalized spacial score (nSPS) is 10.9. The lowest BCUT2D eigenvalue weighted by Gasteiger charge is -2.07. The van der Waals surface area contributed by atoms with Crippen LogP contribution in [0.25, 0.3) is 0 Å². The van der Waals surface area contributed by atoms with E-state index in [0.717, 1.165) is 11.3 Å². The minimum atomic E-state index is -0.357. The Morgan fingerprint density at radius 1 is 1.03 bits per heavy atom. The molecule has 2 aromatic rings. The smallest absolute Gasteiger partial charge is 0.321 e. The number of hydrogen-bond acceptors (Lipinski definition) is 7. The van der Waals surface area contributed by atoms with Crippen molar-refractivity contribution >= 4 is 45.7 Å². The molecule has 166 valence electrons. The first-order chi connectivity index (χ1) is 14.6. The molecule has 0 atom stereocenters. The van der Waals surface area contributed by atoms with Crippen molar-refractivity contribution in [2.45, 2.75) is 13.2 Å². The van der Waals surface area contributed by atoms with E-state index in [1.54, 1.807) is 25.3 Å². The van der Waals surface area contributed by atoms with Gasteiger partial charge in [0.25, 0.3) is 0 Å². The summed E-state index contributed by atoms with van der Waals surface area (Å²) in [6.45, 7) is 3.75. The highest BCUT2D eigenvalue weighted by Gasteiger charge is 2.07. The van der Waals surface area contributed by atoms with E-state index >= 15 is 0 Å². The van der Waals surface area contributed by atoms with Gasteiger partial charge in [-0.3, -0.25) is 5.32 Å². The summed E-state index contributed by atoms with van der Waals surface area (Å²) in [6, 6.07) is 4.84. The molecule has 11 heteroatoms. The van der Waals surface area contributed by atoms with Crippen LogP contribution < -0.4 is 10.6 Å².